The molecule has 19 heavy (non-hydrogen) atoms. The van der Waals surface area contributed by atoms with Crippen molar-refractivity contribution in [3.8, 4) is 0 Å². The average Bonchev–Trinajstić information content (AvgIpc) is 2.83. The molecular formula is C15H14O4. The molecule has 2 unspecified atom stereocenters. The maximum atomic E-state index is 10.8. The largest absolute Gasteiger partial charge is 0.479 e. The van der Waals surface area contributed by atoms with Gasteiger partial charge < -0.3 is 15.3 Å². The van der Waals surface area contributed by atoms with Gasteiger partial charge in [0.25, 0.3) is 0 Å². The first-order valence-electron chi connectivity index (χ1n) is 6.22. The highest BCUT2D eigenvalue weighted by Gasteiger charge is 2.27. The molecule has 0 aromatic heterocycles. The van der Waals surface area contributed by atoms with Gasteiger partial charge in [0.05, 0.1) is 0 Å². The zero-order valence-corrected chi connectivity index (χ0v) is 10.2. The fourth-order valence-corrected chi connectivity index (χ4v) is 2.83. The monoisotopic (exact) mass is 258 g/mol. The molecule has 4 heteroatoms. The Hall–Kier alpha value is -1.91. The third-order valence-corrected chi connectivity index (χ3v) is 3.78. The maximum absolute atomic E-state index is 10.8. The predicted octanol–water partition coefficient (Wildman–Crippen LogP) is 1.42. The van der Waals surface area contributed by atoms with E-state index in [0.717, 1.165) is 23.6 Å². The standard InChI is InChI=1S/C15H14O4/c16-13(14(17)15(18)19)11-7-6-9-5-4-8-2-1-3-10(11)12(8)9/h1-3,6-7,13-14,16-17H,4-5H2,(H,18,19). The molecule has 1 aliphatic carbocycles. The van der Waals surface area contributed by atoms with E-state index in [1.807, 2.05) is 24.3 Å². The lowest BCUT2D eigenvalue weighted by molar-refractivity contribution is -0.153. The van der Waals surface area contributed by atoms with Crippen LogP contribution in [0.3, 0.4) is 0 Å². The molecule has 0 saturated heterocycles. The molecule has 0 amide bonds. The van der Waals surface area contributed by atoms with Crippen LogP contribution in [0.1, 0.15) is 22.8 Å². The molecule has 2 aromatic rings. The highest BCUT2D eigenvalue weighted by atomic mass is 16.4. The number of hydrogen-bond acceptors (Lipinski definition) is 3. The minimum absolute atomic E-state index is 0.470. The molecule has 3 N–H and O–H groups in total. The van der Waals surface area contributed by atoms with Crippen molar-refractivity contribution in [3.63, 3.8) is 0 Å². The Kier molecular flexibility index (Phi) is 2.77. The van der Waals surface area contributed by atoms with E-state index >= 15 is 0 Å². The van der Waals surface area contributed by atoms with E-state index in [4.69, 9.17) is 5.11 Å². The Balaban J connectivity index is 2.18. The molecule has 0 aliphatic heterocycles. The number of hydrogen-bond donors (Lipinski definition) is 3. The molecule has 0 radical (unpaired) electrons. The van der Waals surface area contributed by atoms with Crippen molar-refractivity contribution in [2.45, 2.75) is 25.0 Å². The van der Waals surface area contributed by atoms with Gasteiger partial charge in [0.15, 0.2) is 6.10 Å². The summed E-state index contributed by atoms with van der Waals surface area (Å²) in [5.74, 6) is -1.42. The van der Waals surface area contributed by atoms with E-state index in [-0.39, 0.29) is 0 Å². The highest BCUT2D eigenvalue weighted by molar-refractivity contribution is 5.93. The van der Waals surface area contributed by atoms with E-state index in [0.29, 0.717) is 5.56 Å². The quantitative estimate of drug-likeness (QED) is 0.778. The topological polar surface area (TPSA) is 77.8 Å². The van der Waals surface area contributed by atoms with Gasteiger partial charge in [-0.2, -0.15) is 0 Å². The number of rotatable bonds is 3. The molecular weight excluding hydrogens is 244 g/mol. The maximum Gasteiger partial charge on any atom is 0.335 e. The minimum atomic E-state index is -1.81. The van der Waals surface area contributed by atoms with Gasteiger partial charge in [-0.25, -0.2) is 4.79 Å². The number of carbonyl (C=O) groups is 1. The van der Waals surface area contributed by atoms with Crippen molar-refractivity contribution < 1.29 is 20.1 Å². The van der Waals surface area contributed by atoms with E-state index in [2.05, 4.69) is 0 Å². The minimum Gasteiger partial charge on any atom is -0.479 e. The fraction of sp³-hybridized carbons (Fsp3) is 0.267. The second-order valence-corrected chi connectivity index (χ2v) is 4.88. The van der Waals surface area contributed by atoms with Crippen LogP contribution in [0, 0.1) is 0 Å². The molecule has 2 aromatic carbocycles. The number of aryl methyl sites for hydroxylation is 2. The fourth-order valence-electron chi connectivity index (χ4n) is 2.83. The van der Waals surface area contributed by atoms with Gasteiger partial charge in [-0.15, -0.1) is 0 Å². The number of aliphatic hydroxyl groups is 2. The number of carboxylic acid groups (broad SMARTS) is 1. The van der Waals surface area contributed by atoms with Crippen LogP contribution in [0.5, 0.6) is 0 Å². The van der Waals surface area contributed by atoms with Gasteiger partial charge >= 0.3 is 5.97 Å². The molecule has 0 spiro atoms. The van der Waals surface area contributed by atoms with Crippen LogP contribution in [0.4, 0.5) is 0 Å². The van der Waals surface area contributed by atoms with Crippen molar-refractivity contribution in [2.24, 2.45) is 0 Å². The summed E-state index contributed by atoms with van der Waals surface area (Å²) >= 11 is 0. The molecule has 4 nitrogen and oxygen atoms in total. The molecule has 0 heterocycles. The van der Waals surface area contributed by atoms with E-state index in [9.17, 15) is 15.0 Å². The third-order valence-electron chi connectivity index (χ3n) is 3.78. The van der Waals surface area contributed by atoms with Gasteiger partial charge in [0, 0.05) is 0 Å². The summed E-state index contributed by atoms with van der Waals surface area (Å²) in [6.07, 6.45) is -1.29. The summed E-state index contributed by atoms with van der Waals surface area (Å²) < 4.78 is 0. The highest BCUT2D eigenvalue weighted by Crippen LogP contribution is 2.35. The summed E-state index contributed by atoms with van der Waals surface area (Å²) in [7, 11) is 0. The Labute approximate surface area is 109 Å². The first kappa shape index (κ1) is 12.1. The summed E-state index contributed by atoms with van der Waals surface area (Å²) in [5, 5.41) is 30.3. The van der Waals surface area contributed by atoms with Crippen LogP contribution in [0.2, 0.25) is 0 Å². The van der Waals surface area contributed by atoms with Gasteiger partial charge in [-0.1, -0.05) is 30.3 Å². The summed E-state index contributed by atoms with van der Waals surface area (Å²) in [4.78, 5) is 10.8. The average molecular weight is 258 g/mol. The van der Waals surface area contributed by atoms with Crippen LogP contribution < -0.4 is 0 Å². The van der Waals surface area contributed by atoms with Crippen molar-refractivity contribution in [1.82, 2.24) is 0 Å². The van der Waals surface area contributed by atoms with Gasteiger partial charge in [-0.05, 0) is 40.3 Å². The van der Waals surface area contributed by atoms with Crippen molar-refractivity contribution in [2.75, 3.05) is 0 Å². The van der Waals surface area contributed by atoms with Crippen LogP contribution in [-0.2, 0) is 17.6 Å². The number of benzene rings is 2. The van der Waals surface area contributed by atoms with E-state index < -0.39 is 18.2 Å². The van der Waals surface area contributed by atoms with Crippen LogP contribution in [-0.4, -0.2) is 27.4 Å². The van der Waals surface area contributed by atoms with Crippen LogP contribution in [0.25, 0.3) is 10.8 Å². The molecule has 98 valence electrons. The van der Waals surface area contributed by atoms with Gasteiger partial charge in [0.2, 0.25) is 0 Å². The Morgan fingerprint density at radius 3 is 2.42 bits per heavy atom. The van der Waals surface area contributed by atoms with Gasteiger partial charge in [0.1, 0.15) is 6.10 Å². The Morgan fingerprint density at radius 2 is 1.74 bits per heavy atom. The molecule has 0 fully saturated rings. The van der Waals surface area contributed by atoms with Crippen LogP contribution >= 0.6 is 0 Å². The lowest BCUT2D eigenvalue weighted by Crippen LogP contribution is -2.27. The lowest BCUT2D eigenvalue weighted by atomic mass is 9.94. The summed E-state index contributed by atoms with van der Waals surface area (Å²) in [5.41, 5.74) is 2.90. The first-order chi connectivity index (χ1) is 9.09. The second kappa shape index (κ2) is 4.33. The van der Waals surface area contributed by atoms with Crippen molar-refractivity contribution >= 4 is 16.7 Å². The van der Waals surface area contributed by atoms with Crippen molar-refractivity contribution in [1.29, 1.82) is 0 Å². The van der Waals surface area contributed by atoms with E-state index in [1.54, 1.807) is 6.07 Å². The lowest BCUT2D eigenvalue weighted by Gasteiger charge is -2.17. The summed E-state index contributed by atoms with van der Waals surface area (Å²) in [6.45, 7) is 0. The number of aliphatic carboxylic acids is 1. The SMILES string of the molecule is O=C(O)C(O)C(O)c1ccc2c3c(cccc13)CC2. The second-order valence-electron chi connectivity index (χ2n) is 4.88. The van der Waals surface area contributed by atoms with E-state index in [1.165, 1.54) is 11.1 Å². The van der Waals surface area contributed by atoms with Crippen LogP contribution in [0.15, 0.2) is 30.3 Å². The zero-order valence-electron chi connectivity index (χ0n) is 10.2. The van der Waals surface area contributed by atoms with Gasteiger partial charge in [-0.3, -0.25) is 0 Å². The normalized spacial score (nSPS) is 16.5. The third kappa shape index (κ3) is 1.80. The Morgan fingerprint density at radius 1 is 1.05 bits per heavy atom. The molecule has 1 aliphatic rings. The predicted molar refractivity (Wildman–Crippen MR) is 70.0 cm³/mol. The molecule has 3 rings (SSSR count). The number of carboxylic acids is 1. The zero-order chi connectivity index (χ0) is 13.6. The number of aliphatic hydroxyl groups excluding tert-OH is 2. The molecule has 2 atom stereocenters. The molecule has 0 bridgehead atoms. The van der Waals surface area contributed by atoms with Crippen molar-refractivity contribution in [3.05, 3.63) is 47.0 Å². The summed E-state index contributed by atoms with van der Waals surface area (Å²) in [6, 6.07) is 9.43. The first-order valence-corrected chi connectivity index (χ1v) is 6.22. The smallest absolute Gasteiger partial charge is 0.335 e. The Bertz CT molecular complexity index is 652. The molecule has 0 saturated carbocycles.